The summed E-state index contributed by atoms with van der Waals surface area (Å²) < 4.78 is 0. The summed E-state index contributed by atoms with van der Waals surface area (Å²) >= 11 is 0. The number of aliphatic carboxylic acids is 1. The third-order valence-corrected chi connectivity index (χ3v) is 2.21. The number of rotatable bonds is 6. The molecule has 0 aliphatic rings. The average molecular weight is 219 g/mol. The van der Waals surface area contributed by atoms with E-state index in [0.717, 1.165) is 5.56 Å². The number of carboxylic acids is 1. The van der Waals surface area contributed by atoms with Gasteiger partial charge in [-0.25, -0.2) is 0 Å². The molecule has 1 aromatic rings. The molecule has 0 aliphatic carbocycles. The van der Waals surface area contributed by atoms with Gasteiger partial charge in [0.1, 0.15) is 0 Å². The zero-order valence-electron chi connectivity index (χ0n) is 9.47. The Morgan fingerprint density at radius 2 is 2.06 bits per heavy atom. The molecule has 0 amide bonds. The van der Waals surface area contributed by atoms with E-state index in [0.29, 0.717) is 13.1 Å². The van der Waals surface area contributed by atoms with Gasteiger partial charge in [0.2, 0.25) is 0 Å². The van der Waals surface area contributed by atoms with Gasteiger partial charge in [0, 0.05) is 13.1 Å². The highest BCUT2D eigenvalue weighted by Crippen LogP contribution is 2.04. The fourth-order valence-electron chi connectivity index (χ4n) is 1.47. The molecule has 0 saturated carbocycles. The number of benzene rings is 1. The van der Waals surface area contributed by atoms with E-state index in [-0.39, 0.29) is 6.54 Å². The molecule has 16 heavy (non-hydrogen) atoms. The molecule has 0 spiro atoms. The maximum Gasteiger partial charge on any atom is 0.317 e. The quantitative estimate of drug-likeness (QED) is 0.745. The number of carbonyl (C=O) groups is 1. The minimum absolute atomic E-state index is 0.0687. The van der Waals surface area contributed by atoms with Gasteiger partial charge in [-0.05, 0) is 12.5 Å². The van der Waals surface area contributed by atoms with Crippen LogP contribution in [0.1, 0.15) is 12.5 Å². The second-order valence-electron chi connectivity index (χ2n) is 3.62. The first-order chi connectivity index (χ1) is 7.72. The molecule has 0 heterocycles. The molecule has 0 fully saturated rings. The van der Waals surface area contributed by atoms with E-state index in [1.54, 1.807) is 0 Å². The Hall–Kier alpha value is -1.61. The van der Waals surface area contributed by atoms with Gasteiger partial charge in [0.15, 0.2) is 0 Å². The van der Waals surface area contributed by atoms with Gasteiger partial charge in [-0.3, -0.25) is 9.69 Å². The molecule has 86 valence electrons. The second kappa shape index (κ2) is 6.80. The van der Waals surface area contributed by atoms with Crippen molar-refractivity contribution in [1.82, 2.24) is 4.90 Å². The Kier molecular flexibility index (Phi) is 5.29. The van der Waals surface area contributed by atoms with Gasteiger partial charge in [0.05, 0.1) is 6.54 Å². The van der Waals surface area contributed by atoms with E-state index < -0.39 is 5.97 Å². The predicted octanol–water partition coefficient (Wildman–Crippen LogP) is 2.15. The molecule has 3 nitrogen and oxygen atoms in total. The highest BCUT2D eigenvalue weighted by Gasteiger charge is 2.08. The van der Waals surface area contributed by atoms with Crippen molar-refractivity contribution in [3.05, 3.63) is 48.0 Å². The van der Waals surface area contributed by atoms with Crippen LogP contribution in [0.15, 0.2) is 42.5 Å². The normalized spacial score (nSPS) is 11.1. The number of hydrogen-bond acceptors (Lipinski definition) is 2. The second-order valence-corrected chi connectivity index (χ2v) is 3.62. The fourth-order valence-corrected chi connectivity index (χ4v) is 1.47. The highest BCUT2D eigenvalue weighted by molar-refractivity contribution is 5.69. The molecular weight excluding hydrogens is 202 g/mol. The number of carboxylic acid groups (broad SMARTS) is 1. The highest BCUT2D eigenvalue weighted by atomic mass is 16.4. The molecule has 0 unspecified atom stereocenters. The molecule has 0 saturated heterocycles. The van der Waals surface area contributed by atoms with Crippen molar-refractivity contribution in [2.24, 2.45) is 0 Å². The number of nitrogens with zero attached hydrogens (tertiary/aromatic N) is 1. The lowest BCUT2D eigenvalue weighted by Gasteiger charge is -2.18. The Morgan fingerprint density at radius 1 is 1.38 bits per heavy atom. The van der Waals surface area contributed by atoms with Crippen LogP contribution in [-0.2, 0) is 11.3 Å². The van der Waals surface area contributed by atoms with Crippen molar-refractivity contribution in [2.45, 2.75) is 13.5 Å². The lowest BCUT2D eigenvalue weighted by atomic mass is 10.2. The largest absolute Gasteiger partial charge is 0.480 e. The summed E-state index contributed by atoms with van der Waals surface area (Å²) in [4.78, 5) is 12.6. The molecule has 1 aromatic carbocycles. The summed E-state index contributed by atoms with van der Waals surface area (Å²) in [6.45, 7) is 3.33. The topological polar surface area (TPSA) is 40.5 Å². The summed E-state index contributed by atoms with van der Waals surface area (Å²) in [5.41, 5.74) is 1.13. The van der Waals surface area contributed by atoms with Gasteiger partial charge >= 0.3 is 5.97 Å². The van der Waals surface area contributed by atoms with Crippen molar-refractivity contribution in [1.29, 1.82) is 0 Å². The van der Waals surface area contributed by atoms with Crippen LogP contribution in [0.25, 0.3) is 0 Å². The fraction of sp³-hybridized carbons (Fsp3) is 0.308. The first kappa shape index (κ1) is 12.5. The molecule has 3 heteroatoms. The van der Waals surface area contributed by atoms with E-state index in [2.05, 4.69) is 0 Å². The lowest BCUT2D eigenvalue weighted by molar-refractivity contribution is -0.138. The average Bonchev–Trinajstić information content (AvgIpc) is 2.26. The number of allylic oxidation sites excluding steroid dienone is 1. The van der Waals surface area contributed by atoms with Crippen molar-refractivity contribution in [3.8, 4) is 0 Å². The van der Waals surface area contributed by atoms with Gasteiger partial charge in [-0.1, -0.05) is 42.5 Å². The van der Waals surface area contributed by atoms with Crippen molar-refractivity contribution < 1.29 is 9.90 Å². The smallest absolute Gasteiger partial charge is 0.317 e. The van der Waals surface area contributed by atoms with Crippen molar-refractivity contribution >= 4 is 5.97 Å². The van der Waals surface area contributed by atoms with E-state index in [4.69, 9.17) is 5.11 Å². The Labute approximate surface area is 96.0 Å². The standard InChI is InChI=1S/C13H17NO2/c1-2-3-9-14(11-13(15)16)10-12-7-5-4-6-8-12/h2-8H,9-11H2,1H3,(H,15,16)/b3-2+. The van der Waals surface area contributed by atoms with Gasteiger partial charge in [-0.15, -0.1) is 0 Å². The summed E-state index contributed by atoms with van der Waals surface area (Å²) in [7, 11) is 0. The van der Waals surface area contributed by atoms with Crippen LogP contribution in [0.4, 0.5) is 0 Å². The van der Waals surface area contributed by atoms with E-state index in [1.807, 2.05) is 54.3 Å². The summed E-state index contributed by atoms with van der Waals surface area (Å²) in [6, 6.07) is 9.89. The maximum atomic E-state index is 10.7. The minimum atomic E-state index is -0.791. The zero-order chi connectivity index (χ0) is 11.8. The van der Waals surface area contributed by atoms with E-state index in [1.165, 1.54) is 0 Å². The van der Waals surface area contributed by atoms with Crippen LogP contribution in [0, 0.1) is 0 Å². The van der Waals surface area contributed by atoms with Crippen LogP contribution in [0.5, 0.6) is 0 Å². The van der Waals surface area contributed by atoms with E-state index >= 15 is 0 Å². The predicted molar refractivity (Wildman–Crippen MR) is 64.2 cm³/mol. The van der Waals surface area contributed by atoms with Crippen molar-refractivity contribution in [3.63, 3.8) is 0 Å². The van der Waals surface area contributed by atoms with Crippen LogP contribution in [-0.4, -0.2) is 29.1 Å². The molecule has 0 aliphatic heterocycles. The SMILES string of the molecule is C/C=C/CN(CC(=O)O)Cc1ccccc1. The van der Waals surface area contributed by atoms with Crippen LogP contribution in [0.3, 0.4) is 0 Å². The summed E-state index contributed by atoms with van der Waals surface area (Å²) in [5.74, 6) is -0.791. The Balaban J connectivity index is 2.59. The van der Waals surface area contributed by atoms with Gasteiger partial charge < -0.3 is 5.11 Å². The third kappa shape index (κ3) is 4.75. The maximum absolute atomic E-state index is 10.7. The molecular formula is C13H17NO2. The molecule has 1 N–H and O–H groups in total. The molecule has 0 bridgehead atoms. The van der Waals surface area contributed by atoms with Crippen LogP contribution < -0.4 is 0 Å². The molecule has 1 rings (SSSR count). The molecule has 0 aromatic heterocycles. The summed E-state index contributed by atoms with van der Waals surface area (Å²) in [6.07, 6.45) is 3.89. The number of hydrogen-bond donors (Lipinski definition) is 1. The Bertz CT molecular complexity index is 346. The molecule has 0 radical (unpaired) electrons. The zero-order valence-corrected chi connectivity index (χ0v) is 9.47. The molecule has 0 atom stereocenters. The van der Waals surface area contributed by atoms with Gasteiger partial charge in [0.25, 0.3) is 0 Å². The summed E-state index contributed by atoms with van der Waals surface area (Å²) in [5, 5.41) is 8.80. The monoisotopic (exact) mass is 219 g/mol. The van der Waals surface area contributed by atoms with Crippen LogP contribution in [0.2, 0.25) is 0 Å². The third-order valence-electron chi connectivity index (χ3n) is 2.21. The minimum Gasteiger partial charge on any atom is -0.480 e. The first-order valence-electron chi connectivity index (χ1n) is 5.31. The lowest BCUT2D eigenvalue weighted by Crippen LogP contribution is -2.29. The first-order valence-corrected chi connectivity index (χ1v) is 5.31. The van der Waals surface area contributed by atoms with E-state index in [9.17, 15) is 4.79 Å². The van der Waals surface area contributed by atoms with Crippen molar-refractivity contribution in [2.75, 3.05) is 13.1 Å². The van der Waals surface area contributed by atoms with Gasteiger partial charge in [-0.2, -0.15) is 0 Å². The van der Waals surface area contributed by atoms with Crippen LogP contribution >= 0.6 is 0 Å². The Morgan fingerprint density at radius 3 is 2.62 bits per heavy atom.